The Labute approximate surface area is 189 Å². The largest absolute Gasteiger partial charge is 0.497 e. The maximum Gasteiger partial charge on any atom is 0.229 e. The maximum atomic E-state index is 12.9. The van der Waals surface area contributed by atoms with Gasteiger partial charge in [0.05, 0.1) is 23.7 Å². The first kappa shape index (κ1) is 20.2. The molecule has 158 valence electrons. The van der Waals surface area contributed by atoms with Gasteiger partial charge in [-0.05, 0) is 48.9 Å². The molecular weight excluding hydrogens is 426 g/mol. The number of hydrogen-bond acceptors (Lipinski definition) is 6. The van der Waals surface area contributed by atoms with Crippen LogP contribution in [0.1, 0.15) is 16.0 Å². The van der Waals surface area contributed by atoms with Crippen LogP contribution in [-0.4, -0.2) is 36.5 Å². The minimum Gasteiger partial charge on any atom is -0.497 e. The molecule has 5 nitrogen and oxygen atoms in total. The van der Waals surface area contributed by atoms with Gasteiger partial charge in [0.2, 0.25) is 5.91 Å². The average molecular weight is 450 g/mol. The van der Waals surface area contributed by atoms with Gasteiger partial charge in [0, 0.05) is 23.5 Å². The van der Waals surface area contributed by atoms with Crippen LogP contribution < -0.4 is 10.1 Å². The summed E-state index contributed by atoms with van der Waals surface area (Å²) in [5, 5.41) is 5.10. The molecule has 0 bridgehead atoms. The number of ether oxygens (including phenoxy) is 1. The lowest BCUT2D eigenvalue weighted by atomic mass is 10.0. The number of amides is 1. The van der Waals surface area contributed by atoms with Crippen LogP contribution in [0.4, 0.5) is 5.00 Å². The van der Waals surface area contributed by atoms with E-state index in [0.717, 1.165) is 51.9 Å². The van der Waals surface area contributed by atoms with Crippen molar-refractivity contribution >= 4 is 43.8 Å². The normalized spacial score (nSPS) is 13.9. The van der Waals surface area contributed by atoms with Crippen LogP contribution in [0.3, 0.4) is 0 Å². The summed E-state index contributed by atoms with van der Waals surface area (Å²) in [5.41, 5.74) is 4.41. The Morgan fingerprint density at radius 1 is 1.16 bits per heavy atom. The highest BCUT2D eigenvalue weighted by Crippen LogP contribution is 2.45. The molecule has 0 fully saturated rings. The lowest BCUT2D eigenvalue weighted by molar-refractivity contribution is -0.115. The molecule has 0 unspecified atom stereocenters. The van der Waals surface area contributed by atoms with Crippen LogP contribution in [-0.2, 0) is 24.2 Å². The van der Waals surface area contributed by atoms with E-state index in [4.69, 9.17) is 9.72 Å². The molecule has 0 atom stereocenters. The fourth-order valence-corrected chi connectivity index (χ4v) is 6.38. The van der Waals surface area contributed by atoms with Crippen molar-refractivity contribution < 1.29 is 9.53 Å². The van der Waals surface area contributed by atoms with Crippen LogP contribution in [0.5, 0.6) is 5.75 Å². The number of thiophene rings is 1. The Balaban J connectivity index is 1.48. The van der Waals surface area contributed by atoms with Gasteiger partial charge in [-0.25, -0.2) is 4.98 Å². The van der Waals surface area contributed by atoms with Crippen molar-refractivity contribution in [1.29, 1.82) is 0 Å². The third-order valence-electron chi connectivity index (χ3n) is 5.53. The summed E-state index contributed by atoms with van der Waals surface area (Å²) < 4.78 is 6.37. The van der Waals surface area contributed by atoms with E-state index in [1.165, 1.54) is 15.1 Å². The first-order valence-corrected chi connectivity index (χ1v) is 11.9. The van der Waals surface area contributed by atoms with Gasteiger partial charge in [-0.3, -0.25) is 4.79 Å². The molecule has 1 aliphatic heterocycles. The number of benzene rings is 2. The smallest absolute Gasteiger partial charge is 0.229 e. The second-order valence-corrected chi connectivity index (χ2v) is 9.89. The number of aromatic nitrogens is 1. The Bertz CT molecular complexity index is 1210. The molecule has 0 saturated heterocycles. The van der Waals surface area contributed by atoms with Gasteiger partial charge < -0.3 is 15.0 Å². The van der Waals surface area contributed by atoms with Gasteiger partial charge >= 0.3 is 0 Å². The molecule has 1 N–H and O–H groups in total. The first-order chi connectivity index (χ1) is 15.1. The van der Waals surface area contributed by atoms with Crippen LogP contribution in [0.15, 0.2) is 48.5 Å². The van der Waals surface area contributed by atoms with Crippen molar-refractivity contribution in [2.75, 3.05) is 26.0 Å². The van der Waals surface area contributed by atoms with E-state index in [1.54, 1.807) is 29.8 Å². The maximum absolute atomic E-state index is 12.9. The molecule has 0 radical (unpaired) electrons. The number of fused-ring (bicyclic) bond motifs is 2. The fraction of sp³-hybridized carbons (Fsp3) is 0.250. The molecular formula is C24H23N3O2S2. The van der Waals surface area contributed by atoms with E-state index in [2.05, 4.69) is 23.3 Å². The second-order valence-electron chi connectivity index (χ2n) is 7.76. The van der Waals surface area contributed by atoms with E-state index in [9.17, 15) is 4.79 Å². The van der Waals surface area contributed by atoms with Gasteiger partial charge in [-0.2, -0.15) is 0 Å². The summed E-state index contributed by atoms with van der Waals surface area (Å²) in [5.74, 6) is 0.775. The number of likely N-dealkylation sites (N-methyl/N-ethyl adjacent to an activating group) is 1. The fourth-order valence-electron chi connectivity index (χ4n) is 3.92. The van der Waals surface area contributed by atoms with Crippen molar-refractivity contribution in [3.05, 3.63) is 64.5 Å². The summed E-state index contributed by atoms with van der Waals surface area (Å²) in [4.78, 5) is 21.5. The van der Waals surface area contributed by atoms with Crippen molar-refractivity contribution in [2.24, 2.45) is 0 Å². The molecule has 0 spiro atoms. The topological polar surface area (TPSA) is 54.5 Å². The van der Waals surface area contributed by atoms with Crippen molar-refractivity contribution in [2.45, 2.75) is 19.4 Å². The number of nitrogens with zero attached hydrogens (tertiary/aromatic N) is 2. The van der Waals surface area contributed by atoms with E-state index < -0.39 is 0 Å². The SMILES string of the molecule is COc1ccc(CC(=O)Nc2sc3c(c2-c2nc4ccccc4s2)CCN(C)C3)cc1. The molecule has 5 rings (SSSR count). The standard InChI is InChI=1S/C24H23N3O2S2/c1-27-12-11-17-20(14-27)31-24(22(17)23-25-18-5-3-4-6-19(18)30-23)26-21(28)13-15-7-9-16(29-2)10-8-15/h3-10H,11-14H2,1-2H3,(H,26,28). The summed E-state index contributed by atoms with van der Waals surface area (Å²) in [7, 11) is 3.78. The highest BCUT2D eigenvalue weighted by molar-refractivity contribution is 7.22. The van der Waals surface area contributed by atoms with Gasteiger partial charge in [0.25, 0.3) is 0 Å². The predicted molar refractivity (Wildman–Crippen MR) is 128 cm³/mol. The Kier molecular flexibility index (Phi) is 5.48. The van der Waals surface area contributed by atoms with Crippen LogP contribution in [0.2, 0.25) is 0 Å². The summed E-state index contributed by atoms with van der Waals surface area (Å²) in [6.07, 6.45) is 1.30. The monoisotopic (exact) mass is 449 g/mol. The third kappa shape index (κ3) is 4.08. The number of hydrogen-bond donors (Lipinski definition) is 1. The molecule has 3 heterocycles. The number of para-hydroxylation sites is 1. The number of thiazole rings is 1. The minimum atomic E-state index is -0.0144. The number of rotatable bonds is 5. The molecule has 2 aromatic heterocycles. The lowest BCUT2D eigenvalue weighted by Gasteiger charge is -2.22. The summed E-state index contributed by atoms with van der Waals surface area (Å²) in [6, 6.07) is 15.8. The zero-order valence-electron chi connectivity index (χ0n) is 17.5. The minimum absolute atomic E-state index is 0.0144. The molecule has 0 saturated carbocycles. The number of carbonyl (C=O) groups excluding carboxylic acids is 1. The summed E-state index contributed by atoms with van der Waals surface area (Å²) in [6.45, 7) is 1.92. The zero-order chi connectivity index (χ0) is 21.4. The van der Waals surface area contributed by atoms with Crippen molar-refractivity contribution in [3.63, 3.8) is 0 Å². The van der Waals surface area contributed by atoms with E-state index in [1.807, 2.05) is 42.5 Å². The highest BCUT2D eigenvalue weighted by atomic mass is 32.1. The third-order valence-corrected chi connectivity index (χ3v) is 7.72. The molecule has 7 heteroatoms. The Morgan fingerprint density at radius 2 is 1.97 bits per heavy atom. The lowest BCUT2D eigenvalue weighted by Crippen LogP contribution is -2.25. The number of methoxy groups -OCH3 is 1. The van der Waals surface area contributed by atoms with E-state index in [0.29, 0.717) is 6.42 Å². The molecule has 1 aliphatic rings. The number of nitrogens with one attached hydrogen (secondary N) is 1. The predicted octanol–water partition coefficient (Wildman–Crippen LogP) is 5.20. The Hall–Kier alpha value is -2.74. The van der Waals surface area contributed by atoms with Gasteiger partial charge in [0.15, 0.2) is 0 Å². The quantitative estimate of drug-likeness (QED) is 0.455. The summed E-state index contributed by atoms with van der Waals surface area (Å²) >= 11 is 3.38. The molecule has 2 aromatic carbocycles. The molecule has 0 aliphatic carbocycles. The van der Waals surface area contributed by atoms with Crippen LogP contribution in [0.25, 0.3) is 20.8 Å². The molecule has 31 heavy (non-hydrogen) atoms. The molecule has 1 amide bonds. The van der Waals surface area contributed by atoms with Crippen LogP contribution >= 0.6 is 22.7 Å². The molecule has 4 aromatic rings. The average Bonchev–Trinajstić information content (AvgIpc) is 3.34. The van der Waals surface area contributed by atoms with Gasteiger partial charge in [-0.15, -0.1) is 22.7 Å². The van der Waals surface area contributed by atoms with Crippen LogP contribution in [0, 0.1) is 0 Å². The van der Waals surface area contributed by atoms with Crippen molar-refractivity contribution in [1.82, 2.24) is 9.88 Å². The van der Waals surface area contributed by atoms with Gasteiger partial charge in [0.1, 0.15) is 15.8 Å². The number of anilines is 1. The highest BCUT2D eigenvalue weighted by Gasteiger charge is 2.26. The number of carbonyl (C=O) groups is 1. The van der Waals surface area contributed by atoms with E-state index >= 15 is 0 Å². The Morgan fingerprint density at radius 3 is 2.74 bits per heavy atom. The van der Waals surface area contributed by atoms with Crippen molar-refractivity contribution in [3.8, 4) is 16.3 Å². The second kappa shape index (κ2) is 8.42. The zero-order valence-corrected chi connectivity index (χ0v) is 19.1. The first-order valence-electron chi connectivity index (χ1n) is 10.2. The van der Waals surface area contributed by atoms with E-state index in [-0.39, 0.29) is 5.91 Å². The van der Waals surface area contributed by atoms with Gasteiger partial charge in [-0.1, -0.05) is 24.3 Å².